The minimum atomic E-state index is -0.263. The number of nitrogens with zero attached hydrogens (tertiary/aromatic N) is 1. The summed E-state index contributed by atoms with van der Waals surface area (Å²) < 4.78 is 4.92. The van der Waals surface area contributed by atoms with E-state index in [2.05, 4.69) is 9.97 Å². The number of methoxy groups -OCH3 is 1. The zero-order chi connectivity index (χ0) is 10.8. The summed E-state index contributed by atoms with van der Waals surface area (Å²) in [4.78, 5) is 6.76. The summed E-state index contributed by atoms with van der Waals surface area (Å²) >= 11 is 0. The molecule has 15 heavy (non-hydrogen) atoms. The van der Waals surface area contributed by atoms with Crippen molar-refractivity contribution >= 4 is 0 Å². The number of aromatic hydroxyl groups is 2. The number of phenolic OH excluding ortho intramolecular Hbond substituents is 2. The number of hydrogen-bond donors (Lipinski definition) is 3. The summed E-state index contributed by atoms with van der Waals surface area (Å²) in [6.07, 6.45) is 3.15. The lowest BCUT2D eigenvalue weighted by atomic mass is 10.1. The van der Waals surface area contributed by atoms with Crippen molar-refractivity contribution in [1.29, 1.82) is 0 Å². The summed E-state index contributed by atoms with van der Waals surface area (Å²) in [6.45, 7) is 0. The zero-order valence-corrected chi connectivity index (χ0v) is 8.06. The normalized spacial score (nSPS) is 10.2. The van der Waals surface area contributed by atoms with Crippen molar-refractivity contribution in [2.75, 3.05) is 7.11 Å². The van der Waals surface area contributed by atoms with Crippen LogP contribution in [-0.4, -0.2) is 27.3 Å². The van der Waals surface area contributed by atoms with Gasteiger partial charge in [-0.15, -0.1) is 0 Å². The van der Waals surface area contributed by atoms with Crippen LogP contribution in [0.3, 0.4) is 0 Å². The monoisotopic (exact) mass is 206 g/mol. The van der Waals surface area contributed by atoms with Crippen LogP contribution >= 0.6 is 0 Å². The minimum Gasteiger partial charge on any atom is -0.504 e. The molecule has 0 saturated carbocycles. The SMILES string of the molecule is COc1cc(-c2cnc[nH]2)cc(O)c1O. The third-order valence-corrected chi connectivity index (χ3v) is 2.08. The molecule has 0 aliphatic carbocycles. The van der Waals surface area contributed by atoms with Gasteiger partial charge in [-0.05, 0) is 12.1 Å². The summed E-state index contributed by atoms with van der Waals surface area (Å²) in [6, 6.07) is 3.05. The number of phenols is 2. The smallest absolute Gasteiger partial charge is 0.200 e. The summed E-state index contributed by atoms with van der Waals surface area (Å²) in [5.74, 6) is -0.265. The molecule has 0 unspecified atom stereocenters. The van der Waals surface area contributed by atoms with Gasteiger partial charge in [0.2, 0.25) is 5.75 Å². The Morgan fingerprint density at radius 2 is 2.13 bits per heavy atom. The molecule has 3 N–H and O–H groups in total. The second-order valence-electron chi connectivity index (χ2n) is 3.01. The van der Waals surface area contributed by atoms with Gasteiger partial charge in [-0.3, -0.25) is 0 Å². The second kappa shape index (κ2) is 3.53. The maximum absolute atomic E-state index is 9.45. The molecular formula is C10H10N2O3. The topological polar surface area (TPSA) is 78.4 Å². The van der Waals surface area contributed by atoms with Crippen molar-refractivity contribution in [3.8, 4) is 28.5 Å². The lowest BCUT2D eigenvalue weighted by Crippen LogP contribution is -1.86. The molecule has 0 fully saturated rings. The summed E-state index contributed by atoms with van der Waals surface area (Å²) in [7, 11) is 1.42. The fourth-order valence-electron chi connectivity index (χ4n) is 1.32. The van der Waals surface area contributed by atoms with Crippen molar-refractivity contribution in [3.63, 3.8) is 0 Å². The first-order chi connectivity index (χ1) is 7.22. The van der Waals surface area contributed by atoms with Crippen LogP contribution in [0.5, 0.6) is 17.2 Å². The lowest BCUT2D eigenvalue weighted by Gasteiger charge is -2.07. The molecule has 1 aromatic carbocycles. The van der Waals surface area contributed by atoms with Gasteiger partial charge in [-0.1, -0.05) is 0 Å². The maximum Gasteiger partial charge on any atom is 0.200 e. The molecule has 78 valence electrons. The molecule has 2 rings (SSSR count). The standard InChI is InChI=1S/C10H10N2O3/c1-15-9-3-6(2-8(13)10(9)14)7-4-11-5-12-7/h2-5,13-14H,1H3,(H,11,12). The first-order valence-corrected chi connectivity index (χ1v) is 4.31. The van der Waals surface area contributed by atoms with Crippen LogP contribution in [-0.2, 0) is 0 Å². The Morgan fingerprint density at radius 3 is 2.73 bits per heavy atom. The van der Waals surface area contributed by atoms with E-state index in [1.165, 1.54) is 19.5 Å². The Morgan fingerprint density at radius 1 is 1.33 bits per heavy atom. The largest absolute Gasteiger partial charge is 0.504 e. The van der Waals surface area contributed by atoms with Crippen LogP contribution in [0.25, 0.3) is 11.3 Å². The number of benzene rings is 1. The summed E-state index contributed by atoms with van der Waals surface area (Å²) in [5.41, 5.74) is 1.43. The number of ether oxygens (including phenoxy) is 1. The van der Waals surface area contributed by atoms with Crippen molar-refractivity contribution in [2.45, 2.75) is 0 Å². The highest BCUT2D eigenvalue weighted by molar-refractivity contribution is 5.67. The molecule has 0 aliphatic rings. The molecule has 0 bridgehead atoms. The van der Waals surface area contributed by atoms with Crippen LogP contribution in [0.1, 0.15) is 0 Å². The van der Waals surface area contributed by atoms with Gasteiger partial charge in [0, 0.05) is 5.56 Å². The highest BCUT2D eigenvalue weighted by atomic mass is 16.5. The minimum absolute atomic E-state index is 0.222. The molecule has 5 nitrogen and oxygen atoms in total. The fraction of sp³-hybridized carbons (Fsp3) is 0.100. The molecule has 1 aromatic heterocycles. The molecule has 0 radical (unpaired) electrons. The van der Waals surface area contributed by atoms with Crippen molar-refractivity contribution in [3.05, 3.63) is 24.7 Å². The number of aromatic nitrogens is 2. The predicted octanol–water partition coefficient (Wildman–Crippen LogP) is 1.50. The zero-order valence-electron chi connectivity index (χ0n) is 8.06. The fourth-order valence-corrected chi connectivity index (χ4v) is 1.32. The lowest BCUT2D eigenvalue weighted by molar-refractivity contribution is 0.351. The van der Waals surface area contributed by atoms with Crippen LogP contribution in [0.15, 0.2) is 24.7 Å². The highest BCUT2D eigenvalue weighted by Crippen LogP contribution is 2.38. The Bertz CT molecular complexity index is 466. The summed E-state index contributed by atoms with van der Waals surface area (Å²) in [5, 5.41) is 18.9. The number of hydrogen-bond acceptors (Lipinski definition) is 4. The van der Waals surface area contributed by atoms with Crippen molar-refractivity contribution < 1.29 is 14.9 Å². The highest BCUT2D eigenvalue weighted by Gasteiger charge is 2.11. The van der Waals surface area contributed by atoms with E-state index in [0.717, 1.165) is 5.69 Å². The third kappa shape index (κ3) is 1.59. The van der Waals surface area contributed by atoms with Gasteiger partial charge in [0.15, 0.2) is 11.5 Å². The van der Waals surface area contributed by atoms with Gasteiger partial charge in [0.1, 0.15) is 0 Å². The number of rotatable bonds is 2. The van der Waals surface area contributed by atoms with E-state index in [9.17, 15) is 10.2 Å². The van der Waals surface area contributed by atoms with Crippen LogP contribution in [0.4, 0.5) is 0 Å². The number of nitrogens with one attached hydrogen (secondary N) is 1. The van der Waals surface area contributed by atoms with Gasteiger partial charge >= 0.3 is 0 Å². The number of H-pyrrole nitrogens is 1. The van der Waals surface area contributed by atoms with Gasteiger partial charge in [-0.2, -0.15) is 0 Å². The van der Waals surface area contributed by atoms with Gasteiger partial charge in [0.05, 0.1) is 25.3 Å². The quantitative estimate of drug-likeness (QED) is 0.650. The maximum atomic E-state index is 9.45. The molecule has 0 atom stereocenters. The van der Waals surface area contributed by atoms with E-state index in [-0.39, 0.29) is 17.2 Å². The van der Waals surface area contributed by atoms with Gasteiger partial charge in [-0.25, -0.2) is 4.98 Å². The van der Waals surface area contributed by atoms with E-state index in [4.69, 9.17) is 4.74 Å². The first kappa shape index (κ1) is 9.39. The molecule has 0 aliphatic heterocycles. The van der Waals surface area contributed by atoms with Crippen LogP contribution < -0.4 is 4.74 Å². The molecule has 2 aromatic rings. The van der Waals surface area contributed by atoms with E-state index >= 15 is 0 Å². The Kier molecular flexibility index (Phi) is 2.21. The number of imidazole rings is 1. The van der Waals surface area contributed by atoms with Crippen LogP contribution in [0.2, 0.25) is 0 Å². The van der Waals surface area contributed by atoms with Crippen molar-refractivity contribution in [1.82, 2.24) is 9.97 Å². The van der Waals surface area contributed by atoms with Crippen LogP contribution in [0, 0.1) is 0 Å². The molecule has 0 amide bonds. The number of aromatic amines is 1. The molecule has 0 spiro atoms. The molecular weight excluding hydrogens is 196 g/mol. The molecule has 5 heteroatoms. The molecule has 0 saturated heterocycles. The predicted molar refractivity (Wildman–Crippen MR) is 53.9 cm³/mol. The van der Waals surface area contributed by atoms with E-state index in [0.29, 0.717) is 5.56 Å². The van der Waals surface area contributed by atoms with Gasteiger partial charge < -0.3 is 19.9 Å². The van der Waals surface area contributed by atoms with Gasteiger partial charge in [0.25, 0.3) is 0 Å². The van der Waals surface area contributed by atoms with E-state index in [1.807, 2.05) is 0 Å². The third-order valence-electron chi connectivity index (χ3n) is 2.08. The van der Waals surface area contributed by atoms with E-state index < -0.39 is 0 Å². The average molecular weight is 206 g/mol. The average Bonchev–Trinajstić information content (AvgIpc) is 2.75. The Labute approximate surface area is 86.0 Å². The molecule has 1 heterocycles. The van der Waals surface area contributed by atoms with E-state index in [1.54, 1.807) is 12.3 Å². The second-order valence-corrected chi connectivity index (χ2v) is 3.01. The van der Waals surface area contributed by atoms with Crippen molar-refractivity contribution in [2.24, 2.45) is 0 Å². The Hall–Kier alpha value is -2.17. The Balaban J connectivity index is 2.55. The first-order valence-electron chi connectivity index (χ1n) is 4.31.